The zero-order valence-electron chi connectivity index (χ0n) is 8.56. The molecule has 1 aromatic carbocycles. The van der Waals surface area contributed by atoms with Crippen LogP contribution in [0.2, 0.25) is 0 Å². The molecule has 0 bridgehead atoms. The molecule has 0 spiro atoms. The second-order valence-corrected chi connectivity index (χ2v) is 4.38. The molecule has 0 aliphatic rings. The Balaban J connectivity index is 2.32. The van der Waals surface area contributed by atoms with E-state index in [4.69, 9.17) is 5.11 Å². The first-order chi connectivity index (χ1) is 7.81. The first-order valence-corrected chi connectivity index (χ1v) is 5.75. The molecule has 1 aromatic heterocycles. The highest BCUT2D eigenvalue weighted by Gasteiger charge is 2.05. The van der Waals surface area contributed by atoms with Crippen LogP contribution in [0.3, 0.4) is 0 Å². The molecule has 0 amide bonds. The summed E-state index contributed by atoms with van der Waals surface area (Å²) in [6.07, 6.45) is 3.49. The highest BCUT2D eigenvalue weighted by atomic mass is 32.1. The van der Waals surface area contributed by atoms with Gasteiger partial charge in [0.25, 0.3) is 0 Å². The molecule has 0 atom stereocenters. The standard InChI is InChI=1S/C13H11FOS/c14-12-6-2-1-5-11(12)13-8-7-10(16-13)4-3-9-15/h1-8,15H,9H2. The van der Waals surface area contributed by atoms with Crippen molar-refractivity contribution in [1.29, 1.82) is 0 Å². The molecule has 0 radical (unpaired) electrons. The average molecular weight is 234 g/mol. The second kappa shape index (κ2) is 5.05. The quantitative estimate of drug-likeness (QED) is 0.861. The summed E-state index contributed by atoms with van der Waals surface area (Å²) in [5.41, 5.74) is 0.621. The molecule has 0 unspecified atom stereocenters. The van der Waals surface area contributed by atoms with Crippen LogP contribution in [-0.2, 0) is 0 Å². The van der Waals surface area contributed by atoms with Gasteiger partial charge in [-0.15, -0.1) is 11.3 Å². The highest BCUT2D eigenvalue weighted by Crippen LogP contribution is 2.30. The molecule has 16 heavy (non-hydrogen) atoms. The van der Waals surface area contributed by atoms with E-state index in [1.807, 2.05) is 24.3 Å². The summed E-state index contributed by atoms with van der Waals surface area (Å²) in [6.45, 7) is 0.0208. The smallest absolute Gasteiger partial charge is 0.131 e. The SMILES string of the molecule is OCC=Cc1ccc(-c2ccccc2F)s1. The Kier molecular flexibility index (Phi) is 3.49. The molecule has 0 saturated heterocycles. The molecule has 0 saturated carbocycles. The van der Waals surface area contributed by atoms with E-state index in [1.165, 1.54) is 17.4 Å². The van der Waals surface area contributed by atoms with E-state index >= 15 is 0 Å². The maximum Gasteiger partial charge on any atom is 0.131 e. The summed E-state index contributed by atoms with van der Waals surface area (Å²) in [5.74, 6) is -0.206. The van der Waals surface area contributed by atoms with Crippen molar-refractivity contribution >= 4 is 17.4 Å². The van der Waals surface area contributed by atoms with Crippen molar-refractivity contribution < 1.29 is 9.50 Å². The van der Waals surface area contributed by atoms with Crippen LogP contribution in [-0.4, -0.2) is 11.7 Å². The van der Waals surface area contributed by atoms with Gasteiger partial charge < -0.3 is 5.11 Å². The minimum absolute atomic E-state index is 0.0208. The van der Waals surface area contributed by atoms with Crippen molar-refractivity contribution in [3.8, 4) is 10.4 Å². The lowest BCUT2D eigenvalue weighted by molar-refractivity contribution is 0.343. The molecule has 1 heterocycles. The summed E-state index contributed by atoms with van der Waals surface area (Å²) in [4.78, 5) is 1.91. The van der Waals surface area contributed by atoms with Gasteiger partial charge in [0.2, 0.25) is 0 Å². The van der Waals surface area contributed by atoms with Gasteiger partial charge in [0.1, 0.15) is 5.82 Å². The number of rotatable bonds is 3. The second-order valence-electron chi connectivity index (χ2n) is 3.27. The summed E-state index contributed by atoms with van der Waals surface area (Å²) >= 11 is 1.50. The van der Waals surface area contributed by atoms with Gasteiger partial charge in [0, 0.05) is 15.3 Å². The fourth-order valence-corrected chi connectivity index (χ4v) is 2.38. The summed E-state index contributed by atoms with van der Waals surface area (Å²) in [7, 11) is 0. The van der Waals surface area contributed by atoms with Gasteiger partial charge in [-0.1, -0.05) is 24.3 Å². The lowest BCUT2D eigenvalue weighted by atomic mass is 10.2. The van der Waals surface area contributed by atoms with Gasteiger partial charge in [0.15, 0.2) is 0 Å². The van der Waals surface area contributed by atoms with Crippen molar-refractivity contribution in [3.05, 3.63) is 53.2 Å². The van der Waals surface area contributed by atoms with E-state index in [2.05, 4.69) is 0 Å². The fourth-order valence-electron chi connectivity index (χ4n) is 1.42. The van der Waals surface area contributed by atoms with E-state index in [-0.39, 0.29) is 12.4 Å². The first kappa shape index (κ1) is 11.0. The zero-order chi connectivity index (χ0) is 11.4. The lowest BCUT2D eigenvalue weighted by Crippen LogP contribution is -1.78. The number of thiophene rings is 1. The summed E-state index contributed by atoms with van der Waals surface area (Å²) in [5, 5.41) is 8.65. The maximum absolute atomic E-state index is 13.5. The largest absolute Gasteiger partial charge is 0.392 e. The van der Waals surface area contributed by atoms with Crippen molar-refractivity contribution in [2.75, 3.05) is 6.61 Å². The Morgan fingerprint density at radius 3 is 2.75 bits per heavy atom. The van der Waals surface area contributed by atoms with Crippen LogP contribution in [0.15, 0.2) is 42.5 Å². The van der Waals surface area contributed by atoms with Gasteiger partial charge in [0.05, 0.1) is 6.61 Å². The number of aliphatic hydroxyl groups excluding tert-OH is 1. The van der Waals surface area contributed by atoms with Crippen molar-refractivity contribution in [2.45, 2.75) is 0 Å². The lowest BCUT2D eigenvalue weighted by Gasteiger charge is -1.97. The van der Waals surface area contributed by atoms with E-state index in [0.717, 1.165) is 9.75 Å². The number of benzene rings is 1. The maximum atomic E-state index is 13.5. The third-order valence-corrected chi connectivity index (χ3v) is 3.24. The molecule has 0 aliphatic heterocycles. The average Bonchev–Trinajstić information content (AvgIpc) is 2.75. The fraction of sp³-hybridized carbons (Fsp3) is 0.0769. The van der Waals surface area contributed by atoms with Crippen molar-refractivity contribution in [3.63, 3.8) is 0 Å². The van der Waals surface area contributed by atoms with Gasteiger partial charge in [-0.3, -0.25) is 0 Å². The molecule has 0 fully saturated rings. The van der Waals surface area contributed by atoms with Gasteiger partial charge in [-0.2, -0.15) is 0 Å². The molecule has 3 heteroatoms. The molecule has 2 rings (SSSR count). The summed E-state index contributed by atoms with van der Waals surface area (Å²) in [6, 6.07) is 10.5. The Bertz CT molecular complexity index is 502. The molecule has 82 valence electrons. The Labute approximate surface area is 97.5 Å². The molecule has 1 N–H and O–H groups in total. The molecular weight excluding hydrogens is 223 g/mol. The van der Waals surface area contributed by atoms with Crippen LogP contribution in [0.25, 0.3) is 16.5 Å². The van der Waals surface area contributed by atoms with Crippen LogP contribution in [0.1, 0.15) is 4.88 Å². The van der Waals surface area contributed by atoms with Crippen LogP contribution in [0.4, 0.5) is 4.39 Å². The van der Waals surface area contributed by atoms with Crippen LogP contribution in [0.5, 0.6) is 0 Å². The van der Waals surface area contributed by atoms with Gasteiger partial charge in [-0.25, -0.2) is 4.39 Å². The zero-order valence-corrected chi connectivity index (χ0v) is 9.38. The number of hydrogen-bond donors (Lipinski definition) is 1. The first-order valence-electron chi connectivity index (χ1n) is 4.93. The van der Waals surface area contributed by atoms with E-state index in [9.17, 15) is 4.39 Å². The van der Waals surface area contributed by atoms with Crippen LogP contribution >= 0.6 is 11.3 Å². The molecule has 0 aliphatic carbocycles. The van der Waals surface area contributed by atoms with Crippen molar-refractivity contribution in [2.24, 2.45) is 0 Å². The normalized spacial score (nSPS) is 11.1. The molecule has 1 nitrogen and oxygen atoms in total. The number of aliphatic hydroxyl groups is 1. The Morgan fingerprint density at radius 2 is 2.00 bits per heavy atom. The minimum Gasteiger partial charge on any atom is -0.392 e. The third-order valence-electron chi connectivity index (χ3n) is 2.15. The third kappa shape index (κ3) is 2.38. The van der Waals surface area contributed by atoms with Crippen LogP contribution in [0, 0.1) is 5.82 Å². The van der Waals surface area contributed by atoms with E-state index < -0.39 is 0 Å². The van der Waals surface area contributed by atoms with Crippen molar-refractivity contribution in [1.82, 2.24) is 0 Å². The number of halogens is 1. The minimum atomic E-state index is -0.206. The Morgan fingerprint density at radius 1 is 1.19 bits per heavy atom. The Hall–Kier alpha value is -1.45. The predicted molar refractivity (Wildman–Crippen MR) is 65.8 cm³/mol. The van der Waals surface area contributed by atoms with Crippen LogP contribution < -0.4 is 0 Å². The molecular formula is C13H11FOS. The predicted octanol–water partition coefficient (Wildman–Crippen LogP) is 3.56. The highest BCUT2D eigenvalue weighted by molar-refractivity contribution is 7.16. The van der Waals surface area contributed by atoms with Gasteiger partial charge >= 0.3 is 0 Å². The monoisotopic (exact) mass is 234 g/mol. The topological polar surface area (TPSA) is 20.2 Å². The van der Waals surface area contributed by atoms with E-state index in [1.54, 1.807) is 18.2 Å². The summed E-state index contributed by atoms with van der Waals surface area (Å²) < 4.78 is 13.5. The van der Waals surface area contributed by atoms with Gasteiger partial charge in [-0.05, 0) is 24.3 Å². The number of hydrogen-bond acceptors (Lipinski definition) is 2. The molecule has 2 aromatic rings. The van der Waals surface area contributed by atoms with E-state index in [0.29, 0.717) is 5.56 Å².